The van der Waals surface area contributed by atoms with Crippen molar-refractivity contribution in [3.63, 3.8) is 0 Å². The molecule has 0 radical (unpaired) electrons. The number of aryl methyl sites for hydroxylation is 2. The standard InChI is InChI=1S/C34H40O3/c1-21-9-11-24(12-10-21)19-25-13-15-27(16-14-25)32(35)29-20-30-28(17-23(29)3)22(2)18-31(30)34(37)33(36)26-7-5-4-6-8-26/h9-12,17-18,20,22,25-27H,4-8,13-16,19H2,1-3H3. The summed E-state index contributed by atoms with van der Waals surface area (Å²) >= 11 is 0. The van der Waals surface area contributed by atoms with Crippen LogP contribution in [0.15, 0.2) is 42.5 Å². The second-order valence-corrected chi connectivity index (χ2v) is 11.9. The molecular weight excluding hydrogens is 456 g/mol. The zero-order valence-corrected chi connectivity index (χ0v) is 22.6. The Kier molecular flexibility index (Phi) is 7.60. The second kappa shape index (κ2) is 10.9. The summed E-state index contributed by atoms with van der Waals surface area (Å²) in [6.45, 7) is 6.20. The number of ketones is 3. The van der Waals surface area contributed by atoms with E-state index in [1.807, 2.05) is 19.1 Å². The number of carbonyl (C=O) groups is 3. The minimum Gasteiger partial charge on any atom is -0.294 e. The fourth-order valence-electron chi connectivity index (χ4n) is 6.82. The van der Waals surface area contributed by atoms with Crippen LogP contribution in [-0.4, -0.2) is 17.3 Å². The summed E-state index contributed by atoms with van der Waals surface area (Å²) in [6, 6.07) is 12.8. The van der Waals surface area contributed by atoms with Gasteiger partial charge in [0.1, 0.15) is 0 Å². The molecule has 3 aliphatic rings. The summed E-state index contributed by atoms with van der Waals surface area (Å²) < 4.78 is 0. The number of hydrogen-bond donors (Lipinski definition) is 0. The third-order valence-corrected chi connectivity index (χ3v) is 9.17. The van der Waals surface area contributed by atoms with Crippen LogP contribution in [0, 0.1) is 31.6 Å². The van der Waals surface area contributed by atoms with Gasteiger partial charge < -0.3 is 0 Å². The van der Waals surface area contributed by atoms with Crippen molar-refractivity contribution in [3.05, 3.63) is 75.9 Å². The van der Waals surface area contributed by atoms with E-state index in [0.717, 1.165) is 86.5 Å². The molecule has 194 valence electrons. The number of allylic oxidation sites excluding steroid dienone is 2. The summed E-state index contributed by atoms with van der Waals surface area (Å²) in [4.78, 5) is 40.1. The Hall–Kier alpha value is -2.81. The van der Waals surface area contributed by atoms with Gasteiger partial charge in [0.15, 0.2) is 5.78 Å². The molecule has 2 saturated carbocycles. The Morgan fingerprint density at radius 2 is 1.49 bits per heavy atom. The van der Waals surface area contributed by atoms with Crippen LogP contribution in [0.1, 0.15) is 109 Å². The van der Waals surface area contributed by atoms with Gasteiger partial charge in [-0.05, 0) is 93.0 Å². The van der Waals surface area contributed by atoms with Crippen LogP contribution < -0.4 is 0 Å². The maximum atomic E-state index is 13.7. The molecule has 2 aromatic rings. The number of carbonyl (C=O) groups excluding carboxylic acids is 3. The van der Waals surface area contributed by atoms with E-state index in [0.29, 0.717) is 11.5 Å². The molecule has 37 heavy (non-hydrogen) atoms. The number of Topliss-reactive ketones (excluding diaryl/α,β-unsaturated/α-hetero) is 3. The Labute approximate surface area is 221 Å². The molecule has 2 aromatic carbocycles. The normalized spacial score (nSPS) is 23.9. The topological polar surface area (TPSA) is 51.2 Å². The fourth-order valence-corrected chi connectivity index (χ4v) is 6.82. The molecule has 0 spiro atoms. The van der Waals surface area contributed by atoms with E-state index in [4.69, 9.17) is 0 Å². The van der Waals surface area contributed by atoms with Crippen molar-refractivity contribution >= 4 is 22.9 Å². The molecule has 5 rings (SSSR count). The third-order valence-electron chi connectivity index (χ3n) is 9.17. The predicted octanol–water partition coefficient (Wildman–Crippen LogP) is 7.75. The van der Waals surface area contributed by atoms with E-state index in [1.165, 1.54) is 11.1 Å². The van der Waals surface area contributed by atoms with E-state index < -0.39 is 0 Å². The molecule has 0 bridgehead atoms. The molecule has 0 aromatic heterocycles. The summed E-state index contributed by atoms with van der Waals surface area (Å²) in [5, 5.41) is 0. The first kappa shape index (κ1) is 25.8. The van der Waals surface area contributed by atoms with Gasteiger partial charge in [-0.3, -0.25) is 14.4 Å². The van der Waals surface area contributed by atoms with E-state index in [1.54, 1.807) is 0 Å². The van der Waals surface area contributed by atoms with Crippen LogP contribution in [0.3, 0.4) is 0 Å². The van der Waals surface area contributed by atoms with Crippen molar-refractivity contribution in [3.8, 4) is 0 Å². The van der Waals surface area contributed by atoms with Crippen LogP contribution in [0.5, 0.6) is 0 Å². The molecule has 0 N–H and O–H groups in total. The van der Waals surface area contributed by atoms with Crippen molar-refractivity contribution in [1.29, 1.82) is 0 Å². The third kappa shape index (κ3) is 5.42. The van der Waals surface area contributed by atoms with Crippen LogP contribution in [0.25, 0.3) is 5.57 Å². The van der Waals surface area contributed by atoms with Gasteiger partial charge in [0.25, 0.3) is 0 Å². The molecule has 0 aliphatic heterocycles. The average molecular weight is 497 g/mol. The molecule has 3 aliphatic carbocycles. The summed E-state index contributed by atoms with van der Waals surface area (Å²) in [5.74, 6) is 0.238. The average Bonchev–Trinajstić information content (AvgIpc) is 3.24. The smallest absolute Gasteiger partial charge is 0.229 e. The fraction of sp³-hybridized carbons (Fsp3) is 0.500. The predicted molar refractivity (Wildman–Crippen MR) is 149 cm³/mol. The zero-order valence-electron chi connectivity index (χ0n) is 22.6. The number of fused-ring (bicyclic) bond motifs is 1. The monoisotopic (exact) mass is 496 g/mol. The summed E-state index contributed by atoms with van der Waals surface area (Å²) in [7, 11) is 0. The highest BCUT2D eigenvalue weighted by Crippen LogP contribution is 2.40. The molecular formula is C34H40O3. The quantitative estimate of drug-likeness (QED) is 0.291. The van der Waals surface area contributed by atoms with Gasteiger partial charge in [0.05, 0.1) is 0 Å². The molecule has 0 saturated heterocycles. The van der Waals surface area contributed by atoms with Gasteiger partial charge >= 0.3 is 0 Å². The van der Waals surface area contributed by atoms with Crippen molar-refractivity contribution < 1.29 is 14.4 Å². The SMILES string of the molecule is Cc1ccc(CC2CCC(C(=O)c3cc4c(cc3C)C(C)C=C4C(=O)C(=O)C3CCCCC3)CC2)cc1. The number of hydrogen-bond acceptors (Lipinski definition) is 3. The second-order valence-electron chi connectivity index (χ2n) is 11.9. The summed E-state index contributed by atoms with van der Waals surface area (Å²) in [5.41, 5.74) is 6.79. The molecule has 1 unspecified atom stereocenters. The lowest BCUT2D eigenvalue weighted by Crippen LogP contribution is -2.26. The van der Waals surface area contributed by atoms with Gasteiger partial charge in [-0.1, -0.05) is 68.2 Å². The van der Waals surface area contributed by atoms with E-state index in [-0.39, 0.29) is 35.1 Å². The first-order valence-electron chi connectivity index (χ1n) is 14.4. The number of benzene rings is 2. The minimum absolute atomic E-state index is 0.0387. The van der Waals surface area contributed by atoms with Gasteiger partial charge in [0.2, 0.25) is 11.6 Å². The Bertz CT molecular complexity index is 1220. The van der Waals surface area contributed by atoms with Crippen LogP contribution in [-0.2, 0) is 16.0 Å². The van der Waals surface area contributed by atoms with Crippen LogP contribution in [0.4, 0.5) is 0 Å². The van der Waals surface area contributed by atoms with Crippen molar-refractivity contribution in [2.24, 2.45) is 17.8 Å². The Morgan fingerprint density at radius 1 is 0.811 bits per heavy atom. The molecule has 3 nitrogen and oxygen atoms in total. The van der Waals surface area contributed by atoms with Crippen LogP contribution in [0.2, 0.25) is 0 Å². The maximum absolute atomic E-state index is 13.7. The van der Waals surface area contributed by atoms with Gasteiger partial charge in [0, 0.05) is 28.9 Å². The first-order chi connectivity index (χ1) is 17.8. The first-order valence-corrected chi connectivity index (χ1v) is 14.4. The lowest BCUT2D eigenvalue weighted by molar-refractivity contribution is -0.136. The largest absolute Gasteiger partial charge is 0.294 e. The minimum atomic E-state index is -0.351. The Balaban J connectivity index is 1.29. The van der Waals surface area contributed by atoms with Crippen LogP contribution >= 0.6 is 0 Å². The van der Waals surface area contributed by atoms with E-state index in [2.05, 4.69) is 44.2 Å². The van der Waals surface area contributed by atoms with E-state index >= 15 is 0 Å². The highest BCUT2D eigenvalue weighted by atomic mass is 16.2. The highest BCUT2D eigenvalue weighted by Gasteiger charge is 2.35. The Morgan fingerprint density at radius 3 is 2.16 bits per heavy atom. The molecule has 1 atom stereocenters. The zero-order chi connectivity index (χ0) is 26.1. The number of rotatable bonds is 7. The molecule has 0 heterocycles. The highest BCUT2D eigenvalue weighted by molar-refractivity contribution is 6.55. The maximum Gasteiger partial charge on any atom is 0.229 e. The van der Waals surface area contributed by atoms with E-state index in [9.17, 15) is 14.4 Å². The lowest BCUT2D eigenvalue weighted by Gasteiger charge is -2.28. The lowest BCUT2D eigenvalue weighted by atomic mass is 9.75. The van der Waals surface area contributed by atoms with Gasteiger partial charge in [-0.2, -0.15) is 0 Å². The van der Waals surface area contributed by atoms with Crippen molar-refractivity contribution in [2.75, 3.05) is 0 Å². The van der Waals surface area contributed by atoms with Gasteiger partial charge in [-0.25, -0.2) is 0 Å². The van der Waals surface area contributed by atoms with Gasteiger partial charge in [-0.15, -0.1) is 0 Å². The van der Waals surface area contributed by atoms with Crippen molar-refractivity contribution in [1.82, 2.24) is 0 Å². The molecule has 0 amide bonds. The van der Waals surface area contributed by atoms with Crippen molar-refractivity contribution in [2.45, 2.75) is 90.9 Å². The molecule has 3 heteroatoms. The summed E-state index contributed by atoms with van der Waals surface area (Å²) in [6.07, 6.45) is 11.9. The molecule has 2 fully saturated rings.